The molecule has 0 fully saturated rings. The number of rotatable bonds is 5. The third-order valence-electron chi connectivity index (χ3n) is 6.88. The normalized spacial score (nSPS) is 13.2. The van der Waals surface area contributed by atoms with Crippen LogP contribution in [0.5, 0.6) is 0 Å². The van der Waals surface area contributed by atoms with Gasteiger partial charge < -0.3 is 9.88 Å². The molecule has 4 nitrogen and oxygen atoms in total. The monoisotopic (exact) mass is 515 g/mol. The van der Waals surface area contributed by atoms with Gasteiger partial charge in [0, 0.05) is 38.8 Å². The van der Waals surface area contributed by atoms with Gasteiger partial charge in [0.1, 0.15) is 5.00 Å². The molecule has 1 aliphatic rings. The highest BCUT2D eigenvalue weighted by Crippen LogP contribution is 2.39. The van der Waals surface area contributed by atoms with Crippen molar-refractivity contribution in [2.45, 2.75) is 53.4 Å². The average Bonchev–Trinajstić information content (AvgIpc) is 3.37. The first-order valence-electron chi connectivity index (χ1n) is 12.3. The highest BCUT2D eigenvalue weighted by atomic mass is 35.5. The number of nitrogens with one attached hydrogen (secondary N) is 1. The van der Waals surface area contributed by atoms with E-state index in [4.69, 9.17) is 16.6 Å². The number of aromatic nitrogens is 1. The summed E-state index contributed by atoms with van der Waals surface area (Å²) in [5, 5.41) is 4.82. The van der Waals surface area contributed by atoms with Gasteiger partial charge in [-0.15, -0.1) is 11.3 Å². The second-order valence-electron chi connectivity index (χ2n) is 9.56. The molecule has 36 heavy (non-hydrogen) atoms. The van der Waals surface area contributed by atoms with Crippen molar-refractivity contribution in [1.82, 2.24) is 4.57 Å². The van der Waals surface area contributed by atoms with E-state index < -0.39 is 0 Å². The molecule has 2 aromatic heterocycles. The zero-order valence-corrected chi connectivity index (χ0v) is 22.7. The number of benzene rings is 2. The minimum Gasteiger partial charge on any atom is -0.322 e. The van der Waals surface area contributed by atoms with Crippen molar-refractivity contribution in [3.63, 3.8) is 0 Å². The summed E-state index contributed by atoms with van der Waals surface area (Å²) >= 11 is 7.94. The molecule has 0 saturated carbocycles. The Kier molecular flexibility index (Phi) is 6.87. The van der Waals surface area contributed by atoms with Crippen molar-refractivity contribution >= 4 is 46.4 Å². The van der Waals surface area contributed by atoms with E-state index in [1.165, 1.54) is 22.4 Å². The number of nitrogens with zero attached hydrogens (tertiary/aromatic N) is 2. The topological polar surface area (TPSA) is 46.4 Å². The van der Waals surface area contributed by atoms with Crippen LogP contribution in [-0.2, 0) is 12.8 Å². The zero-order valence-electron chi connectivity index (χ0n) is 21.1. The number of carbonyl (C=O) groups is 1. The van der Waals surface area contributed by atoms with Crippen LogP contribution in [0.4, 0.5) is 11.4 Å². The molecule has 184 valence electrons. The SMILES string of the molecule is Cc1ccc(NC(=O)c2c(-n3c(C)cc(C=Nc4cc(Cl)ccc4C)c3C)sc3c2CCCC3)cc1. The zero-order chi connectivity index (χ0) is 25.4. The Morgan fingerprint density at radius 2 is 1.78 bits per heavy atom. The van der Waals surface area contributed by atoms with Gasteiger partial charge in [0.2, 0.25) is 0 Å². The van der Waals surface area contributed by atoms with Crippen molar-refractivity contribution in [2.24, 2.45) is 4.99 Å². The largest absolute Gasteiger partial charge is 0.322 e. The van der Waals surface area contributed by atoms with Crippen molar-refractivity contribution < 1.29 is 4.79 Å². The Labute approximate surface area is 221 Å². The maximum Gasteiger partial charge on any atom is 0.258 e. The molecule has 1 N–H and O–H groups in total. The molecule has 0 saturated heterocycles. The van der Waals surface area contributed by atoms with Crippen molar-refractivity contribution in [3.8, 4) is 5.00 Å². The molecule has 0 aliphatic heterocycles. The van der Waals surface area contributed by atoms with E-state index in [9.17, 15) is 4.79 Å². The molecular formula is C30H30ClN3OS. The summed E-state index contributed by atoms with van der Waals surface area (Å²) in [6, 6.07) is 15.8. The second kappa shape index (κ2) is 10.1. The van der Waals surface area contributed by atoms with E-state index in [1.54, 1.807) is 11.3 Å². The van der Waals surface area contributed by atoms with Gasteiger partial charge in [-0.1, -0.05) is 35.4 Å². The molecule has 2 aromatic carbocycles. The summed E-state index contributed by atoms with van der Waals surface area (Å²) in [5.74, 6) is -0.0366. The smallest absolute Gasteiger partial charge is 0.258 e. The first kappa shape index (κ1) is 24.5. The second-order valence-corrected chi connectivity index (χ2v) is 11.1. The third kappa shape index (κ3) is 4.78. The quantitative estimate of drug-likeness (QED) is 0.267. The lowest BCUT2D eigenvalue weighted by molar-refractivity contribution is 0.102. The summed E-state index contributed by atoms with van der Waals surface area (Å²) in [6.07, 6.45) is 6.18. The number of thiophene rings is 1. The van der Waals surface area contributed by atoms with Gasteiger partial charge in [0.05, 0.1) is 11.3 Å². The molecular weight excluding hydrogens is 486 g/mol. The predicted molar refractivity (Wildman–Crippen MR) is 152 cm³/mol. The molecule has 2 heterocycles. The molecule has 5 rings (SSSR count). The molecule has 0 unspecified atom stereocenters. The fraction of sp³-hybridized carbons (Fsp3) is 0.267. The van der Waals surface area contributed by atoms with E-state index in [0.717, 1.165) is 63.7 Å². The summed E-state index contributed by atoms with van der Waals surface area (Å²) in [6.45, 7) is 8.27. The first-order valence-corrected chi connectivity index (χ1v) is 13.5. The lowest BCUT2D eigenvalue weighted by atomic mass is 9.95. The van der Waals surface area contributed by atoms with E-state index in [1.807, 2.05) is 62.5 Å². The predicted octanol–water partition coefficient (Wildman–Crippen LogP) is 8.31. The van der Waals surface area contributed by atoms with Crippen molar-refractivity contribution in [3.05, 3.63) is 97.6 Å². The Morgan fingerprint density at radius 1 is 1.03 bits per heavy atom. The number of amides is 1. The standard InChI is InChI=1S/C30H30ClN3OS/c1-18-9-13-24(14-10-18)33-29(35)28-25-7-5-6-8-27(25)36-30(28)34-20(3)15-22(21(34)4)17-32-26-16-23(31)12-11-19(26)2/h9-17H,5-8H2,1-4H3,(H,33,35). The maximum atomic E-state index is 13.7. The van der Waals surface area contributed by atoms with Crippen LogP contribution in [0, 0.1) is 27.7 Å². The fourth-order valence-corrected chi connectivity index (χ4v) is 6.53. The van der Waals surface area contributed by atoms with Crippen LogP contribution < -0.4 is 5.32 Å². The van der Waals surface area contributed by atoms with Gasteiger partial charge in [-0.3, -0.25) is 9.79 Å². The van der Waals surface area contributed by atoms with Crippen LogP contribution in [0.2, 0.25) is 5.02 Å². The molecule has 1 amide bonds. The molecule has 0 bridgehead atoms. The van der Waals surface area contributed by atoms with E-state index in [2.05, 4.69) is 29.8 Å². The number of fused-ring (bicyclic) bond motifs is 1. The maximum absolute atomic E-state index is 13.7. The van der Waals surface area contributed by atoms with Gasteiger partial charge in [0.25, 0.3) is 5.91 Å². The molecule has 1 aliphatic carbocycles. The number of hydrogen-bond acceptors (Lipinski definition) is 3. The van der Waals surface area contributed by atoms with Crippen LogP contribution in [0.1, 0.15) is 61.7 Å². The van der Waals surface area contributed by atoms with Crippen LogP contribution in [0.3, 0.4) is 0 Å². The number of halogens is 1. The van der Waals surface area contributed by atoms with E-state index >= 15 is 0 Å². The summed E-state index contributed by atoms with van der Waals surface area (Å²) in [7, 11) is 0. The molecule has 4 aromatic rings. The number of carbonyl (C=O) groups excluding carboxylic acids is 1. The van der Waals surface area contributed by atoms with Gasteiger partial charge in [-0.25, -0.2) is 0 Å². The van der Waals surface area contributed by atoms with Crippen molar-refractivity contribution in [1.29, 1.82) is 0 Å². The Morgan fingerprint density at radius 3 is 2.56 bits per heavy atom. The number of aryl methyl sites for hydroxylation is 4. The third-order valence-corrected chi connectivity index (χ3v) is 8.39. The molecule has 6 heteroatoms. The number of hydrogen-bond donors (Lipinski definition) is 1. The molecule has 0 radical (unpaired) electrons. The Hall–Kier alpha value is -3.15. The molecule has 0 spiro atoms. The Bertz CT molecular complexity index is 1480. The van der Waals surface area contributed by atoms with Crippen LogP contribution in [0.25, 0.3) is 5.00 Å². The van der Waals surface area contributed by atoms with Crippen LogP contribution in [-0.4, -0.2) is 16.7 Å². The summed E-state index contributed by atoms with van der Waals surface area (Å²) in [5.41, 5.74) is 9.12. The number of anilines is 1. The lowest BCUT2D eigenvalue weighted by Gasteiger charge is -2.14. The minimum atomic E-state index is -0.0366. The number of aliphatic imine (C=N–C) groups is 1. The molecule has 0 atom stereocenters. The van der Waals surface area contributed by atoms with Crippen LogP contribution in [0.15, 0.2) is 53.5 Å². The van der Waals surface area contributed by atoms with Gasteiger partial charge >= 0.3 is 0 Å². The van der Waals surface area contributed by atoms with E-state index in [0.29, 0.717) is 5.02 Å². The lowest BCUT2D eigenvalue weighted by Crippen LogP contribution is -2.17. The first-order chi connectivity index (χ1) is 17.3. The van der Waals surface area contributed by atoms with Crippen molar-refractivity contribution in [2.75, 3.05) is 5.32 Å². The van der Waals surface area contributed by atoms with Crippen LogP contribution >= 0.6 is 22.9 Å². The van der Waals surface area contributed by atoms with E-state index in [-0.39, 0.29) is 5.91 Å². The highest BCUT2D eigenvalue weighted by Gasteiger charge is 2.28. The highest BCUT2D eigenvalue weighted by molar-refractivity contribution is 7.15. The van der Waals surface area contributed by atoms with Gasteiger partial charge in [-0.05, 0) is 94.8 Å². The van der Waals surface area contributed by atoms with Gasteiger partial charge in [0.15, 0.2) is 0 Å². The summed E-state index contributed by atoms with van der Waals surface area (Å²) < 4.78 is 2.22. The minimum absolute atomic E-state index is 0.0366. The average molecular weight is 516 g/mol. The van der Waals surface area contributed by atoms with Gasteiger partial charge in [-0.2, -0.15) is 0 Å². The Balaban J connectivity index is 1.56. The summed E-state index contributed by atoms with van der Waals surface area (Å²) in [4.78, 5) is 19.7. The fourth-order valence-electron chi connectivity index (χ4n) is 4.87.